The van der Waals surface area contributed by atoms with Crippen LogP contribution in [-0.2, 0) is 4.74 Å². The molecule has 0 radical (unpaired) electrons. The van der Waals surface area contributed by atoms with Gasteiger partial charge in [0.2, 0.25) is 0 Å². The molecular formula is C14H19FN2OS. The van der Waals surface area contributed by atoms with Crippen LogP contribution in [-0.4, -0.2) is 22.8 Å². The predicted molar refractivity (Wildman–Crippen MR) is 77.4 cm³/mol. The Morgan fingerprint density at radius 1 is 1.42 bits per heavy atom. The Labute approximate surface area is 117 Å². The minimum absolute atomic E-state index is 0.145. The molecule has 0 aliphatic carbocycles. The average Bonchev–Trinajstić information content (AvgIpc) is 2.65. The van der Waals surface area contributed by atoms with Crippen molar-refractivity contribution < 1.29 is 9.13 Å². The number of nitrogens with one attached hydrogen (secondary N) is 1. The first-order valence-electron chi connectivity index (χ1n) is 6.52. The first-order valence-corrected chi connectivity index (χ1v) is 6.93. The van der Waals surface area contributed by atoms with Crippen LogP contribution in [0.5, 0.6) is 0 Å². The number of H-pyrrole nitrogens is 1. The third kappa shape index (κ3) is 2.87. The van der Waals surface area contributed by atoms with Gasteiger partial charge >= 0.3 is 0 Å². The molecule has 5 heteroatoms. The quantitative estimate of drug-likeness (QED) is 0.838. The number of halogens is 1. The SMILES string of the molecule is CCOCC(C(C)C)n1c(=S)[nH]c2cc(F)ccc21. The van der Waals surface area contributed by atoms with E-state index in [2.05, 4.69) is 18.8 Å². The zero-order valence-electron chi connectivity index (χ0n) is 11.4. The Bertz CT molecular complexity index is 617. The first-order chi connectivity index (χ1) is 9.04. The zero-order chi connectivity index (χ0) is 14.0. The van der Waals surface area contributed by atoms with Gasteiger partial charge in [0.1, 0.15) is 5.82 Å². The summed E-state index contributed by atoms with van der Waals surface area (Å²) in [4.78, 5) is 3.06. The number of benzene rings is 1. The van der Waals surface area contributed by atoms with Crippen LogP contribution in [0, 0.1) is 16.5 Å². The molecule has 1 heterocycles. The Morgan fingerprint density at radius 3 is 2.79 bits per heavy atom. The van der Waals surface area contributed by atoms with Crippen LogP contribution in [0.1, 0.15) is 26.8 Å². The molecule has 104 valence electrons. The highest BCUT2D eigenvalue weighted by Gasteiger charge is 2.19. The Kier molecular flexibility index (Phi) is 4.37. The van der Waals surface area contributed by atoms with Gasteiger partial charge in [-0.3, -0.25) is 0 Å². The number of imidazole rings is 1. The van der Waals surface area contributed by atoms with Crippen molar-refractivity contribution in [1.29, 1.82) is 0 Å². The van der Waals surface area contributed by atoms with E-state index in [-0.39, 0.29) is 11.9 Å². The molecule has 0 saturated carbocycles. The summed E-state index contributed by atoms with van der Waals surface area (Å²) < 4.78 is 21.4. The van der Waals surface area contributed by atoms with E-state index in [1.165, 1.54) is 12.1 Å². The topological polar surface area (TPSA) is 29.9 Å². The predicted octanol–water partition coefficient (Wildman–Crippen LogP) is 4.07. The molecule has 0 amide bonds. The fraction of sp³-hybridized carbons (Fsp3) is 0.500. The minimum atomic E-state index is -0.262. The third-order valence-corrected chi connectivity index (χ3v) is 3.57. The Hall–Kier alpha value is -1.20. The van der Waals surface area contributed by atoms with Crippen LogP contribution in [0.2, 0.25) is 0 Å². The van der Waals surface area contributed by atoms with Crippen LogP contribution in [0.3, 0.4) is 0 Å². The maximum absolute atomic E-state index is 13.3. The Balaban J connectivity index is 2.52. The summed E-state index contributed by atoms with van der Waals surface area (Å²) in [6.45, 7) is 7.52. The molecule has 0 fully saturated rings. The fourth-order valence-electron chi connectivity index (χ4n) is 2.24. The van der Waals surface area contributed by atoms with Gasteiger partial charge in [-0.05, 0) is 43.3 Å². The summed E-state index contributed by atoms with van der Waals surface area (Å²) in [7, 11) is 0. The van der Waals surface area contributed by atoms with Crippen LogP contribution >= 0.6 is 12.2 Å². The number of rotatable bonds is 5. The van der Waals surface area contributed by atoms with E-state index < -0.39 is 0 Å². The van der Waals surface area contributed by atoms with E-state index in [1.54, 1.807) is 6.07 Å². The molecule has 19 heavy (non-hydrogen) atoms. The van der Waals surface area contributed by atoms with Crippen molar-refractivity contribution in [2.24, 2.45) is 5.92 Å². The molecule has 2 rings (SSSR count). The lowest BCUT2D eigenvalue weighted by atomic mass is 10.0. The monoisotopic (exact) mass is 282 g/mol. The van der Waals surface area contributed by atoms with Gasteiger partial charge in [0.25, 0.3) is 0 Å². The van der Waals surface area contributed by atoms with Crippen molar-refractivity contribution in [3.05, 3.63) is 28.8 Å². The van der Waals surface area contributed by atoms with Gasteiger partial charge in [0, 0.05) is 6.61 Å². The molecule has 1 aromatic carbocycles. The highest BCUT2D eigenvalue weighted by atomic mass is 32.1. The summed E-state index contributed by atoms with van der Waals surface area (Å²) in [5, 5.41) is 0. The third-order valence-electron chi connectivity index (χ3n) is 3.27. The van der Waals surface area contributed by atoms with Crippen LogP contribution in [0.25, 0.3) is 11.0 Å². The van der Waals surface area contributed by atoms with E-state index in [1.807, 2.05) is 11.5 Å². The van der Waals surface area contributed by atoms with E-state index in [9.17, 15) is 4.39 Å². The van der Waals surface area contributed by atoms with E-state index >= 15 is 0 Å². The second-order valence-corrected chi connectivity index (χ2v) is 5.32. The maximum atomic E-state index is 13.3. The molecular weight excluding hydrogens is 263 g/mol. The second-order valence-electron chi connectivity index (χ2n) is 4.93. The smallest absolute Gasteiger partial charge is 0.178 e. The van der Waals surface area contributed by atoms with Gasteiger partial charge in [-0.1, -0.05) is 13.8 Å². The molecule has 1 atom stereocenters. The molecule has 0 spiro atoms. The number of fused-ring (bicyclic) bond motifs is 1. The summed E-state index contributed by atoms with van der Waals surface area (Å²) in [5.74, 6) is 0.115. The van der Waals surface area contributed by atoms with Crippen molar-refractivity contribution in [3.8, 4) is 0 Å². The van der Waals surface area contributed by atoms with Crippen molar-refractivity contribution in [2.75, 3.05) is 13.2 Å². The lowest BCUT2D eigenvalue weighted by Gasteiger charge is -2.23. The molecule has 1 unspecified atom stereocenters. The minimum Gasteiger partial charge on any atom is -0.380 e. The summed E-state index contributed by atoms with van der Waals surface area (Å²) in [6, 6.07) is 4.84. The van der Waals surface area contributed by atoms with E-state index in [0.29, 0.717) is 23.9 Å². The normalized spacial score (nSPS) is 13.3. The van der Waals surface area contributed by atoms with Crippen molar-refractivity contribution in [1.82, 2.24) is 9.55 Å². The fourth-order valence-corrected chi connectivity index (χ4v) is 2.58. The lowest BCUT2D eigenvalue weighted by Crippen LogP contribution is -2.21. The zero-order valence-corrected chi connectivity index (χ0v) is 12.3. The molecule has 0 saturated heterocycles. The average molecular weight is 282 g/mol. The molecule has 0 bridgehead atoms. The molecule has 1 aromatic heterocycles. The summed E-state index contributed by atoms with van der Waals surface area (Å²) >= 11 is 5.37. The van der Waals surface area contributed by atoms with Gasteiger partial charge in [-0.2, -0.15) is 0 Å². The second kappa shape index (κ2) is 5.84. The van der Waals surface area contributed by atoms with Crippen LogP contribution in [0.4, 0.5) is 4.39 Å². The number of hydrogen-bond donors (Lipinski definition) is 1. The highest BCUT2D eigenvalue weighted by Crippen LogP contribution is 2.25. The van der Waals surface area contributed by atoms with E-state index in [0.717, 1.165) is 11.0 Å². The molecule has 1 N–H and O–H groups in total. The lowest BCUT2D eigenvalue weighted by molar-refractivity contribution is 0.0974. The number of aromatic amines is 1. The standard InChI is InChI=1S/C14H19FN2OS/c1-4-18-8-13(9(2)3)17-12-6-5-10(15)7-11(12)16-14(17)19/h5-7,9,13H,4,8H2,1-3H3,(H,16,19). The largest absolute Gasteiger partial charge is 0.380 e. The van der Waals surface area contributed by atoms with Gasteiger partial charge in [-0.25, -0.2) is 4.39 Å². The van der Waals surface area contributed by atoms with Gasteiger partial charge in [0.05, 0.1) is 23.7 Å². The number of nitrogens with zero attached hydrogens (tertiary/aromatic N) is 1. The molecule has 2 aromatic rings. The number of hydrogen-bond acceptors (Lipinski definition) is 2. The summed E-state index contributed by atoms with van der Waals surface area (Å²) in [6.07, 6.45) is 0. The van der Waals surface area contributed by atoms with Gasteiger partial charge in [0.15, 0.2) is 4.77 Å². The van der Waals surface area contributed by atoms with Crippen LogP contribution in [0.15, 0.2) is 18.2 Å². The maximum Gasteiger partial charge on any atom is 0.178 e. The van der Waals surface area contributed by atoms with Crippen molar-refractivity contribution in [3.63, 3.8) is 0 Å². The van der Waals surface area contributed by atoms with E-state index in [4.69, 9.17) is 17.0 Å². The summed E-state index contributed by atoms with van der Waals surface area (Å²) in [5.41, 5.74) is 1.65. The first kappa shape index (κ1) is 14.2. The molecule has 0 aliphatic rings. The van der Waals surface area contributed by atoms with Gasteiger partial charge in [-0.15, -0.1) is 0 Å². The van der Waals surface area contributed by atoms with Crippen molar-refractivity contribution >= 4 is 23.3 Å². The van der Waals surface area contributed by atoms with Gasteiger partial charge < -0.3 is 14.3 Å². The number of aromatic nitrogens is 2. The number of ether oxygens (including phenoxy) is 1. The molecule has 0 aliphatic heterocycles. The highest BCUT2D eigenvalue weighted by molar-refractivity contribution is 7.71. The Morgan fingerprint density at radius 2 is 2.16 bits per heavy atom. The van der Waals surface area contributed by atoms with Crippen LogP contribution < -0.4 is 0 Å². The molecule has 3 nitrogen and oxygen atoms in total. The van der Waals surface area contributed by atoms with Crippen molar-refractivity contribution in [2.45, 2.75) is 26.8 Å².